The molecule has 2 rings (SSSR count). The molecule has 0 saturated heterocycles. The lowest BCUT2D eigenvalue weighted by Crippen LogP contribution is -1.73. The molecule has 0 radical (unpaired) electrons. The molecule has 0 aliphatic rings. The van der Waals surface area contributed by atoms with Gasteiger partial charge >= 0.3 is 0 Å². The van der Waals surface area contributed by atoms with Gasteiger partial charge in [0.1, 0.15) is 0 Å². The van der Waals surface area contributed by atoms with Crippen LogP contribution < -0.4 is 0 Å². The van der Waals surface area contributed by atoms with Crippen LogP contribution in [0.1, 0.15) is 0 Å². The van der Waals surface area contributed by atoms with E-state index in [0.29, 0.717) is 0 Å². The average molecular weight is 239 g/mol. The van der Waals surface area contributed by atoms with E-state index in [1.165, 1.54) is 10.8 Å². The SMILES string of the molecule is Sc1cccc2cc(Br)ccc12. The number of rotatable bonds is 0. The molecule has 0 aromatic heterocycles. The first-order chi connectivity index (χ1) is 5.77. The van der Waals surface area contributed by atoms with Crippen molar-refractivity contribution in [1.29, 1.82) is 0 Å². The number of thiol groups is 1. The average Bonchev–Trinajstić information content (AvgIpc) is 2.04. The molecule has 0 aliphatic carbocycles. The van der Waals surface area contributed by atoms with Crippen LogP contribution in [0, 0.1) is 0 Å². The second-order valence-electron chi connectivity index (χ2n) is 2.64. The van der Waals surface area contributed by atoms with Crippen molar-refractivity contribution in [1.82, 2.24) is 0 Å². The minimum absolute atomic E-state index is 1.03. The molecule has 0 amide bonds. The summed E-state index contributed by atoms with van der Waals surface area (Å²) in [6.07, 6.45) is 0. The number of benzene rings is 2. The Morgan fingerprint density at radius 3 is 2.75 bits per heavy atom. The number of halogens is 1. The highest BCUT2D eigenvalue weighted by Gasteiger charge is 1.96. The molecule has 2 heteroatoms. The van der Waals surface area contributed by atoms with Gasteiger partial charge in [0.2, 0.25) is 0 Å². The summed E-state index contributed by atoms with van der Waals surface area (Å²) in [5.74, 6) is 0. The molecule has 0 aliphatic heterocycles. The summed E-state index contributed by atoms with van der Waals surface area (Å²) in [5, 5.41) is 2.42. The van der Waals surface area contributed by atoms with E-state index in [1.807, 2.05) is 18.2 Å². The summed E-state index contributed by atoms with van der Waals surface area (Å²) >= 11 is 7.80. The molecule has 2 aromatic rings. The van der Waals surface area contributed by atoms with Gasteiger partial charge in [-0.05, 0) is 29.0 Å². The largest absolute Gasteiger partial charge is 0.143 e. The molecule has 0 nitrogen and oxygen atoms in total. The maximum atomic E-state index is 4.37. The highest BCUT2D eigenvalue weighted by molar-refractivity contribution is 9.10. The zero-order valence-corrected chi connectivity index (χ0v) is 8.77. The van der Waals surface area contributed by atoms with Crippen LogP contribution in [-0.2, 0) is 0 Å². The smallest absolute Gasteiger partial charge is 0.0181 e. The predicted octanol–water partition coefficient (Wildman–Crippen LogP) is 3.89. The number of hydrogen-bond acceptors (Lipinski definition) is 1. The molecular weight excluding hydrogens is 232 g/mol. The van der Waals surface area contributed by atoms with Crippen molar-refractivity contribution in [2.75, 3.05) is 0 Å². The maximum absolute atomic E-state index is 4.37. The fraction of sp³-hybridized carbons (Fsp3) is 0. The van der Waals surface area contributed by atoms with Crippen molar-refractivity contribution < 1.29 is 0 Å². The molecule has 0 fully saturated rings. The van der Waals surface area contributed by atoms with Gasteiger partial charge in [0.25, 0.3) is 0 Å². The van der Waals surface area contributed by atoms with Crippen LogP contribution in [0.15, 0.2) is 45.8 Å². The third-order valence-corrected chi connectivity index (χ3v) is 2.70. The summed E-state index contributed by atoms with van der Waals surface area (Å²) in [5.41, 5.74) is 0. The lowest BCUT2D eigenvalue weighted by atomic mass is 10.1. The highest BCUT2D eigenvalue weighted by atomic mass is 79.9. The molecule has 0 unspecified atom stereocenters. The van der Waals surface area contributed by atoms with Crippen LogP contribution in [0.2, 0.25) is 0 Å². The highest BCUT2D eigenvalue weighted by Crippen LogP contribution is 2.24. The zero-order chi connectivity index (χ0) is 8.55. The Bertz CT molecular complexity index is 423. The van der Waals surface area contributed by atoms with E-state index >= 15 is 0 Å². The van der Waals surface area contributed by atoms with Crippen molar-refractivity contribution >= 4 is 39.3 Å². The van der Waals surface area contributed by atoms with Crippen LogP contribution in [-0.4, -0.2) is 0 Å². The summed E-state index contributed by atoms with van der Waals surface area (Å²) in [6.45, 7) is 0. The van der Waals surface area contributed by atoms with Gasteiger partial charge in [-0.2, -0.15) is 0 Å². The van der Waals surface area contributed by atoms with Crippen molar-refractivity contribution in [3.05, 3.63) is 40.9 Å². The number of hydrogen-bond donors (Lipinski definition) is 1. The third-order valence-electron chi connectivity index (χ3n) is 1.82. The fourth-order valence-electron chi connectivity index (χ4n) is 1.24. The topological polar surface area (TPSA) is 0 Å². The van der Waals surface area contributed by atoms with Gasteiger partial charge in [-0.15, -0.1) is 12.6 Å². The Kier molecular flexibility index (Phi) is 2.11. The molecule has 0 N–H and O–H groups in total. The van der Waals surface area contributed by atoms with Gasteiger partial charge in [-0.3, -0.25) is 0 Å². The molecule has 60 valence electrons. The predicted molar refractivity (Wildman–Crippen MR) is 58.9 cm³/mol. The van der Waals surface area contributed by atoms with E-state index < -0.39 is 0 Å². The third kappa shape index (κ3) is 1.37. The molecule has 2 aromatic carbocycles. The standard InChI is InChI=1S/C10H7BrS/c11-8-4-5-9-7(6-8)2-1-3-10(9)12/h1-6,12H. The Labute approximate surface area is 85.1 Å². The van der Waals surface area contributed by atoms with E-state index in [-0.39, 0.29) is 0 Å². The summed E-state index contributed by atoms with van der Waals surface area (Å²) < 4.78 is 1.11. The van der Waals surface area contributed by atoms with Crippen LogP contribution in [0.3, 0.4) is 0 Å². The molecule has 0 heterocycles. The van der Waals surface area contributed by atoms with Gasteiger partial charge in [0.05, 0.1) is 0 Å². The van der Waals surface area contributed by atoms with E-state index in [2.05, 4.69) is 46.8 Å². The molecular formula is C10H7BrS. The van der Waals surface area contributed by atoms with E-state index in [9.17, 15) is 0 Å². The normalized spacial score (nSPS) is 10.5. The molecule has 0 atom stereocenters. The lowest BCUT2D eigenvalue weighted by molar-refractivity contribution is 1.55. The maximum Gasteiger partial charge on any atom is 0.0181 e. The Morgan fingerprint density at radius 1 is 1.08 bits per heavy atom. The van der Waals surface area contributed by atoms with Crippen molar-refractivity contribution in [2.24, 2.45) is 0 Å². The van der Waals surface area contributed by atoms with Crippen LogP contribution in [0.25, 0.3) is 10.8 Å². The summed E-state index contributed by atoms with van der Waals surface area (Å²) in [7, 11) is 0. The van der Waals surface area contributed by atoms with Crippen LogP contribution in [0.5, 0.6) is 0 Å². The molecule has 0 bridgehead atoms. The second-order valence-corrected chi connectivity index (χ2v) is 4.04. The van der Waals surface area contributed by atoms with E-state index in [0.717, 1.165) is 9.37 Å². The number of fused-ring (bicyclic) bond motifs is 1. The Balaban J connectivity index is 2.86. The van der Waals surface area contributed by atoms with Crippen LogP contribution in [0.4, 0.5) is 0 Å². The lowest BCUT2D eigenvalue weighted by Gasteiger charge is -2.00. The quantitative estimate of drug-likeness (QED) is 0.662. The van der Waals surface area contributed by atoms with Crippen molar-refractivity contribution in [3.63, 3.8) is 0 Å². The first-order valence-electron chi connectivity index (χ1n) is 3.64. The fourth-order valence-corrected chi connectivity index (χ4v) is 1.91. The summed E-state index contributed by atoms with van der Waals surface area (Å²) in [6, 6.07) is 12.3. The minimum Gasteiger partial charge on any atom is -0.143 e. The van der Waals surface area contributed by atoms with Crippen LogP contribution >= 0.6 is 28.6 Å². The van der Waals surface area contributed by atoms with E-state index in [4.69, 9.17) is 0 Å². The molecule has 0 saturated carbocycles. The Hall–Kier alpha value is -0.470. The Morgan fingerprint density at radius 2 is 1.92 bits per heavy atom. The monoisotopic (exact) mass is 238 g/mol. The summed E-state index contributed by atoms with van der Waals surface area (Å²) in [4.78, 5) is 1.03. The first-order valence-corrected chi connectivity index (χ1v) is 4.88. The van der Waals surface area contributed by atoms with E-state index in [1.54, 1.807) is 0 Å². The minimum atomic E-state index is 1.03. The van der Waals surface area contributed by atoms with Gasteiger partial charge < -0.3 is 0 Å². The van der Waals surface area contributed by atoms with Gasteiger partial charge in [0, 0.05) is 9.37 Å². The zero-order valence-electron chi connectivity index (χ0n) is 6.29. The first kappa shape index (κ1) is 8.14. The van der Waals surface area contributed by atoms with Crippen molar-refractivity contribution in [3.8, 4) is 0 Å². The van der Waals surface area contributed by atoms with Gasteiger partial charge in [-0.1, -0.05) is 34.1 Å². The van der Waals surface area contributed by atoms with Gasteiger partial charge in [-0.25, -0.2) is 0 Å². The van der Waals surface area contributed by atoms with Crippen molar-refractivity contribution in [2.45, 2.75) is 4.90 Å². The molecule has 12 heavy (non-hydrogen) atoms. The molecule has 0 spiro atoms. The van der Waals surface area contributed by atoms with Gasteiger partial charge in [0.15, 0.2) is 0 Å². The second kappa shape index (κ2) is 3.11.